The summed E-state index contributed by atoms with van der Waals surface area (Å²) in [6, 6.07) is 5.49. The smallest absolute Gasteiger partial charge is 0.322 e. The maximum absolute atomic E-state index is 12.6. The van der Waals surface area contributed by atoms with E-state index in [2.05, 4.69) is 10.1 Å². The number of esters is 1. The summed E-state index contributed by atoms with van der Waals surface area (Å²) in [4.78, 5) is 27.5. The van der Waals surface area contributed by atoms with Crippen LogP contribution >= 0.6 is 0 Å². The van der Waals surface area contributed by atoms with E-state index in [1.165, 1.54) is 38.2 Å². The lowest BCUT2D eigenvalue weighted by Crippen LogP contribution is -2.33. The molecular weight excluding hydrogens is 386 g/mol. The van der Waals surface area contributed by atoms with E-state index in [1.54, 1.807) is 6.92 Å². The number of carbonyl (C=O) groups is 2. The van der Waals surface area contributed by atoms with Crippen LogP contribution in [-0.4, -0.2) is 48.2 Å². The molecule has 1 unspecified atom stereocenters. The highest BCUT2D eigenvalue weighted by atomic mass is 32.2. The highest BCUT2D eigenvalue weighted by Gasteiger charge is 2.26. The second-order valence-corrected chi connectivity index (χ2v) is 8.32. The molecule has 10 heteroatoms. The normalized spacial score (nSPS) is 12.8. The highest BCUT2D eigenvalue weighted by molar-refractivity contribution is 7.89. The van der Waals surface area contributed by atoms with Crippen molar-refractivity contribution in [2.75, 3.05) is 13.6 Å². The van der Waals surface area contributed by atoms with E-state index in [-0.39, 0.29) is 16.6 Å². The molecule has 152 valence electrons. The molecule has 0 N–H and O–H groups in total. The largest absolute Gasteiger partial charge is 0.452 e. The second-order valence-electron chi connectivity index (χ2n) is 6.27. The number of sulfonamides is 1. The first-order valence-electron chi connectivity index (χ1n) is 8.74. The molecule has 28 heavy (non-hydrogen) atoms. The fourth-order valence-electron chi connectivity index (χ4n) is 2.35. The van der Waals surface area contributed by atoms with Crippen molar-refractivity contribution in [3.8, 4) is 0 Å². The minimum Gasteiger partial charge on any atom is -0.452 e. The molecule has 0 amide bonds. The summed E-state index contributed by atoms with van der Waals surface area (Å²) >= 11 is 0. The van der Waals surface area contributed by atoms with Crippen LogP contribution in [0, 0.1) is 0 Å². The van der Waals surface area contributed by atoms with Gasteiger partial charge in [0.2, 0.25) is 10.0 Å². The summed E-state index contributed by atoms with van der Waals surface area (Å²) in [7, 11) is -2.64. The van der Waals surface area contributed by atoms with E-state index in [0.29, 0.717) is 17.8 Å². The predicted molar refractivity (Wildman–Crippen MR) is 99.1 cm³/mol. The van der Waals surface area contributed by atoms with Gasteiger partial charge >= 0.3 is 5.97 Å². The third-order valence-electron chi connectivity index (χ3n) is 3.93. The van der Waals surface area contributed by atoms with Gasteiger partial charge in [-0.1, -0.05) is 24.2 Å². The van der Waals surface area contributed by atoms with Crippen LogP contribution in [0.5, 0.6) is 0 Å². The molecule has 0 aliphatic carbocycles. The molecule has 0 aliphatic rings. The molecule has 0 radical (unpaired) electrons. The molecule has 0 fully saturated rings. The van der Waals surface area contributed by atoms with Crippen LogP contribution in [0.25, 0.3) is 0 Å². The number of Topliss-reactive ketones (excluding diaryl/α,β-unsaturated/α-hetero) is 1. The van der Waals surface area contributed by atoms with Gasteiger partial charge in [0.15, 0.2) is 17.7 Å². The van der Waals surface area contributed by atoms with Crippen molar-refractivity contribution in [2.24, 2.45) is 0 Å². The Morgan fingerprint density at radius 1 is 1.25 bits per heavy atom. The number of hydrogen-bond donors (Lipinski definition) is 0. The number of likely N-dealkylation sites (N-methyl/N-ethyl adjacent to an activating group) is 1. The van der Waals surface area contributed by atoms with Crippen molar-refractivity contribution in [2.45, 2.75) is 44.6 Å². The van der Waals surface area contributed by atoms with Gasteiger partial charge in [-0.2, -0.15) is 9.29 Å². The van der Waals surface area contributed by atoms with E-state index in [0.717, 1.165) is 10.7 Å². The fourth-order valence-corrected chi connectivity index (χ4v) is 3.47. The second kappa shape index (κ2) is 9.07. The first-order chi connectivity index (χ1) is 13.1. The summed E-state index contributed by atoms with van der Waals surface area (Å²) in [5, 5.41) is 3.79. The highest BCUT2D eigenvalue weighted by Crippen LogP contribution is 2.18. The summed E-state index contributed by atoms with van der Waals surface area (Å²) < 4.78 is 36.3. The van der Waals surface area contributed by atoms with Crippen LogP contribution in [-0.2, 0) is 26.0 Å². The SMILES string of the molecule is CCCc1noc(C(C)OC(=O)CN(C)S(=O)(=O)c2ccc(C(C)=O)cc2)n1. The standard InChI is InChI=1S/C18H23N3O6S/c1-5-6-16-19-18(27-20-16)13(3)26-17(23)11-21(4)28(24,25)15-9-7-14(8-10-15)12(2)22/h7-10,13H,5-6,11H2,1-4H3. The number of aromatic nitrogens is 2. The Balaban J connectivity index is 2.00. The van der Waals surface area contributed by atoms with E-state index < -0.39 is 28.6 Å². The van der Waals surface area contributed by atoms with Crippen LogP contribution in [0.4, 0.5) is 0 Å². The van der Waals surface area contributed by atoms with Crippen molar-refractivity contribution in [3.05, 3.63) is 41.5 Å². The fraction of sp³-hybridized carbons (Fsp3) is 0.444. The first kappa shape index (κ1) is 21.7. The van der Waals surface area contributed by atoms with Gasteiger partial charge in [-0.25, -0.2) is 8.42 Å². The van der Waals surface area contributed by atoms with E-state index in [1.807, 2.05) is 6.92 Å². The lowest BCUT2D eigenvalue weighted by Gasteiger charge is -2.17. The Morgan fingerprint density at radius 3 is 2.46 bits per heavy atom. The summed E-state index contributed by atoms with van der Waals surface area (Å²) in [5.41, 5.74) is 0.400. The van der Waals surface area contributed by atoms with Gasteiger partial charge < -0.3 is 9.26 Å². The number of rotatable bonds is 9. The zero-order valence-corrected chi connectivity index (χ0v) is 17.0. The average molecular weight is 409 g/mol. The monoisotopic (exact) mass is 409 g/mol. The van der Waals surface area contributed by atoms with Crippen LogP contribution in [0.1, 0.15) is 55.4 Å². The molecule has 1 atom stereocenters. The number of ketones is 1. The molecule has 9 nitrogen and oxygen atoms in total. The van der Waals surface area contributed by atoms with Crippen LogP contribution < -0.4 is 0 Å². The topological polar surface area (TPSA) is 120 Å². The summed E-state index contributed by atoms with van der Waals surface area (Å²) in [6.07, 6.45) is 0.702. The van der Waals surface area contributed by atoms with Gasteiger partial charge in [-0.3, -0.25) is 9.59 Å². The Kier molecular flexibility index (Phi) is 7.03. The van der Waals surface area contributed by atoms with Gasteiger partial charge in [0.05, 0.1) is 4.90 Å². The Morgan fingerprint density at radius 2 is 1.89 bits per heavy atom. The number of benzene rings is 1. The molecule has 1 aromatic carbocycles. The lowest BCUT2D eigenvalue weighted by molar-refractivity contribution is -0.149. The summed E-state index contributed by atoms with van der Waals surface area (Å²) in [6.45, 7) is 4.44. The minimum absolute atomic E-state index is 0.0260. The molecule has 2 aromatic rings. The van der Waals surface area contributed by atoms with Gasteiger partial charge in [-0.15, -0.1) is 0 Å². The molecule has 0 bridgehead atoms. The van der Waals surface area contributed by atoms with Crippen LogP contribution in [0.3, 0.4) is 0 Å². The Labute approximate surface area is 163 Å². The molecular formula is C18H23N3O6S. The number of aryl methyl sites for hydroxylation is 1. The summed E-state index contributed by atoms with van der Waals surface area (Å²) in [5.74, 6) is -0.247. The maximum Gasteiger partial charge on any atom is 0.322 e. The molecule has 2 rings (SSSR count). The number of hydrogen-bond acceptors (Lipinski definition) is 8. The zero-order chi connectivity index (χ0) is 20.9. The maximum atomic E-state index is 12.6. The van der Waals surface area contributed by atoms with Crippen molar-refractivity contribution in [1.29, 1.82) is 0 Å². The van der Waals surface area contributed by atoms with Crippen LogP contribution in [0.15, 0.2) is 33.7 Å². The Hall–Kier alpha value is -2.59. The molecule has 1 heterocycles. The van der Waals surface area contributed by atoms with Crippen molar-refractivity contribution in [3.63, 3.8) is 0 Å². The predicted octanol–water partition coefficient (Wildman–Crippen LogP) is 2.15. The van der Waals surface area contributed by atoms with Crippen LogP contribution in [0.2, 0.25) is 0 Å². The van der Waals surface area contributed by atoms with Gasteiger partial charge in [-0.05, 0) is 32.4 Å². The molecule has 0 saturated carbocycles. The number of ether oxygens (including phenoxy) is 1. The lowest BCUT2D eigenvalue weighted by atomic mass is 10.2. The molecule has 0 saturated heterocycles. The van der Waals surface area contributed by atoms with E-state index in [4.69, 9.17) is 9.26 Å². The van der Waals surface area contributed by atoms with Gasteiger partial charge in [0.25, 0.3) is 5.89 Å². The van der Waals surface area contributed by atoms with Gasteiger partial charge in [0.1, 0.15) is 6.54 Å². The quantitative estimate of drug-likeness (QED) is 0.456. The molecule has 0 aliphatic heterocycles. The minimum atomic E-state index is -3.91. The average Bonchev–Trinajstić information content (AvgIpc) is 3.10. The number of carbonyl (C=O) groups excluding carboxylic acids is 2. The van der Waals surface area contributed by atoms with Crippen molar-refractivity contribution in [1.82, 2.24) is 14.4 Å². The van der Waals surface area contributed by atoms with E-state index in [9.17, 15) is 18.0 Å². The first-order valence-corrected chi connectivity index (χ1v) is 10.2. The molecule has 1 aromatic heterocycles. The Bertz CT molecular complexity index is 936. The van der Waals surface area contributed by atoms with E-state index >= 15 is 0 Å². The van der Waals surface area contributed by atoms with Crippen molar-refractivity contribution < 1.29 is 27.3 Å². The third kappa shape index (κ3) is 5.23. The zero-order valence-electron chi connectivity index (χ0n) is 16.2. The number of nitrogens with zero attached hydrogens (tertiary/aromatic N) is 3. The van der Waals surface area contributed by atoms with Gasteiger partial charge in [0, 0.05) is 19.0 Å². The van der Waals surface area contributed by atoms with Crippen molar-refractivity contribution >= 4 is 21.8 Å². The molecule has 0 spiro atoms. The third-order valence-corrected chi connectivity index (χ3v) is 5.75.